The molecule has 0 aliphatic carbocycles. The maximum absolute atomic E-state index is 13.3. The summed E-state index contributed by atoms with van der Waals surface area (Å²) in [6.45, 7) is 7.17. The van der Waals surface area contributed by atoms with E-state index in [9.17, 15) is 9.90 Å². The molecule has 3 aliphatic rings. The highest BCUT2D eigenvalue weighted by molar-refractivity contribution is 6.09. The van der Waals surface area contributed by atoms with Gasteiger partial charge in [-0.25, -0.2) is 9.50 Å². The van der Waals surface area contributed by atoms with Crippen molar-refractivity contribution in [3.63, 3.8) is 0 Å². The Morgan fingerprint density at radius 2 is 2.06 bits per heavy atom. The molecule has 178 valence electrons. The van der Waals surface area contributed by atoms with Gasteiger partial charge in [-0.15, -0.1) is 0 Å². The van der Waals surface area contributed by atoms with Gasteiger partial charge in [0.15, 0.2) is 5.65 Å². The molecule has 0 saturated carbocycles. The van der Waals surface area contributed by atoms with E-state index < -0.39 is 5.60 Å². The van der Waals surface area contributed by atoms with Gasteiger partial charge in [-0.2, -0.15) is 5.10 Å². The molecule has 2 saturated heterocycles. The standard InChI is InChI=1S/C24H28N6O4/c1-24(32)11-16-9-19(27-23(31)18-12-26-30-4-2-3-25-22(18)30)20(10-21(16)34-15-24)29-7-5-28(6-8-29)17-13-33-14-17/h2-4,9-10,12,17,32H,5-8,11,13-15H2,1H3,(H,27,31)/t24-/m1/s1. The molecule has 2 aromatic heterocycles. The molecule has 1 aromatic carbocycles. The van der Waals surface area contributed by atoms with Gasteiger partial charge in [0.1, 0.15) is 17.9 Å². The molecule has 0 spiro atoms. The van der Waals surface area contributed by atoms with Crippen LogP contribution in [-0.2, 0) is 11.2 Å². The summed E-state index contributed by atoms with van der Waals surface area (Å²) in [5.74, 6) is 0.482. The maximum atomic E-state index is 13.3. The van der Waals surface area contributed by atoms with Crippen molar-refractivity contribution in [1.82, 2.24) is 19.5 Å². The van der Waals surface area contributed by atoms with Gasteiger partial charge < -0.3 is 24.8 Å². The van der Waals surface area contributed by atoms with Gasteiger partial charge in [0.2, 0.25) is 0 Å². The quantitative estimate of drug-likeness (QED) is 0.594. The summed E-state index contributed by atoms with van der Waals surface area (Å²) in [6.07, 6.45) is 5.39. The van der Waals surface area contributed by atoms with Crippen LogP contribution in [0.3, 0.4) is 0 Å². The predicted molar refractivity (Wildman–Crippen MR) is 126 cm³/mol. The molecule has 3 aromatic rings. The minimum Gasteiger partial charge on any atom is -0.490 e. The van der Waals surface area contributed by atoms with Crippen LogP contribution in [0.5, 0.6) is 5.75 Å². The second-order valence-electron chi connectivity index (χ2n) is 9.55. The van der Waals surface area contributed by atoms with Crippen molar-refractivity contribution < 1.29 is 19.4 Å². The van der Waals surface area contributed by atoms with Crippen LogP contribution in [0.2, 0.25) is 0 Å². The van der Waals surface area contributed by atoms with E-state index >= 15 is 0 Å². The van der Waals surface area contributed by atoms with E-state index in [0.717, 1.165) is 56.4 Å². The normalized spacial score (nSPS) is 23.3. The number of carbonyl (C=O) groups excluding carboxylic acids is 1. The molecular formula is C24H28N6O4. The summed E-state index contributed by atoms with van der Waals surface area (Å²) < 4.78 is 12.8. The summed E-state index contributed by atoms with van der Waals surface area (Å²) >= 11 is 0. The van der Waals surface area contributed by atoms with Gasteiger partial charge in [0, 0.05) is 51.1 Å². The van der Waals surface area contributed by atoms with Gasteiger partial charge >= 0.3 is 0 Å². The highest BCUT2D eigenvalue weighted by Gasteiger charge is 2.33. The average molecular weight is 465 g/mol. The third-order valence-corrected chi connectivity index (χ3v) is 6.85. The van der Waals surface area contributed by atoms with Crippen LogP contribution in [0, 0.1) is 0 Å². The Balaban J connectivity index is 1.31. The van der Waals surface area contributed by atoms with E-state index in [1.54, 1.807) is 29.9 Å². The van der Waals surface area contributed by atoms with Crippen LogP contribution in [0.25, 0.3) is 5.65 Å². The zero-order valence-electron chi connectivity index (χ0n) is 19.1. The van der Waals surface area contributed by atoms with Crippen molar-refractivity contribution in [2.45, 2.75) is 25.0 Å². The second-order valence-corrected chi connectivity index (χ2v) is 9.55. The zero-order chi connectivity index (χ0) is 23.3. The van der Waals surface area contributed by atoms with Crippen molar-refractivity contribution >= 4 is 22.9 Å². The Hall–Kier alpha value is -3.21. The number of hydrogen-bond acceptors (Lipinski definition) is 8. The number of benzene rings is 1. The molecule has 1 amide bonds. The average Bonchev–Trinajstić information content (AvgIpc) is 3.22. The van der Waals surface area contributed by atoms with E-state index in [0.29, 0.717) is 29.4 Å². The van der Waals surface area contributed by atoms with Crippen LogP contribution < -0.4 is 15.0 Å². The lowest BCUT2D eigenvalue weighted by molar-refractivity contribution is -0.0660. The molecule has 2 fully saturated rings. The summed E-state index contributed by atoms with van der Waals surface area (Å²) in [6, 6.07) is 6.21. The fourth-order valence-corrected chi connectivity index (χ4v) is 4.88. The Labute approximate surface area is 197 Å². The number of amides is 1. The first-order chi connectivity index (χ1) is 16.5. The fourth-order valence-electron chi connectivity index (χ4n) is 4.88. The molecule has 34 heavy (non-hydrogen) atoms. The highest BCUT2D eigenvalue weighted by atomic mass is 16.5. The van der Waals surface area contributed by atoms with Crippen LogP contribution in [-0.4, -0.2) is 88.2 Å². The zero-order valence-corrected chi connectivity index (χ0v) is 19.1. The third-order valence-electron chi connectivity index (χ3n) is 6.85. The smallest absolute Gasteiger partial charge is 0.261 e. The van der Waals surface area contributed by atoms with Crippen molar-refractivity contribution in [2.75, 3.05) is 56.2 Å². The number of anilines is 2. The summed E-state index contributed by atoms with van der Waals surface area (Å²) in [5, 5.41) is 17.9. The SMILES string of the molecule is C[C@]1(O)COc2cc(N3CCN(C4COC4)CC3)c(NC(=O)c3cnn4cccnc34)cc2C1. The molecule has 10 heteroatoms. The Bertz CT molecular complexity index is 1230. The van der Waals surface area contributed by atoms with Gasteiger partial charge in [-0.3, -0.25) is 9.69 Å². The van der Waals surface area contributed by atoms with Gasteiger partial charge in [0.05, 0.1) is 42.4 Å². The number of fused-ring (bicyclic) bond motifs is 2. The van der Waals surface area contributed by atoms with E-state index in [1.165, 1.54) is 6.20 Å². The molecule has 0 bridgehead atoms. The minimum atomic E-state index is -0.946. The molecule has 5 heterocycles. The van der Waals surface area contributed by atoms with Crippen LogP contribution in [0.1, 0.15) is 22.8 Å². The maximum Gasteiger partial charge on any atom is 0.261 e. The minimum absolute atomic E-state index is 0.245. The topological polar surface area (TPSA) is 104 Å². The summed E-state index contributed by atoms with van der Waals surface area (Å²) in [4.78, 5) is 22.3. The number of nitrogens with zero attached hydrogens (tertiary/aromatic N) is 5. The first-order valence-electron chi connectivity index (χ1n) is 11.7. The first kappa shape index (κ1) is 21.3. The number of rotatable bonds is 4. The Kier molecular flexibility index (Phi) is 5.16. The molecule has 10 nitrogen and oxygen atoms in total. The van der Waals surface area contributed by atoms with Gasteiger partial charge in [-0.05, 0) is 24.6 Å². The molecular weight excluding hydrogens is 436 g/mol. The molecule has 0 radical (unpaired) electrons. The fraction of sp³-hybridized carbons (Fsp3) is 0.458. The number of piperazine rings is 1. The predicted octanol–water partition coefficient (Wildman–Crippen LogP) is 1.19. The van der Waals surface area contributed by atoms with E-state index in [2.05, 4.69) is 25.2 Å². The number of aliphatic hydroxyl groups is 1. The summed E-state index contributed by atoms with van der Waals surface area (Å²) in [5.41, 5.74) is 2.45. The monoisotopic (exact) mass is 464 g/mol. The van der Waals surface area contributed by atoms with Crippen molar-refractivity contribution in [3.05, 3.63) is 47.9 Å². The van der Waals surface area contributed by atoms with Gasteiger partial charge in [-0.1, -0.05) is 0 Å². The Morgan fingerprint density at radius 3 is 2.82 bits per heavy atom. The van der Waals surface area contributed by atoms with Gasteiger partial charge in [0.25, 0.3) is 5.91 Å². The number of nitrogens with one attached hydrogen (secondary N) is 1. The highest BCUT2D eigenvalue weighted by Crippen LogP contribution is 2.39. The first-order valence-corrected chi connectivity index (χ1v) is 11.7. The van der Waals surface area contributed by atoms with Crippen molar-refractivity contribution in [3.8, 4) is 5.75 Å². The molecule has 6 rings (SSSR count). The van der Waals surface area contributed by atoms with Crippen LogP contribution in [0.4, 0.5) is 11.4 Å². The lowest BCUT2D eigenvalue weighted by Gasteiger charge is -2.43. The number of carbonyl (C=O) groups is 1. The molecule has 0 unspecified atom stereocenters. The third kappa shape index (κ3) is 3.87. The molecule has 1 atom stereocenters. The van der Waals surface area contributed by atoms with Crippen molar-refractivity contribution in [1.29, 1.82) is 0 Å². The van der Waals surface area contributed by atoms with E-state index in [1.807, 2.05) is 12.1 Å². The number of ether oxygens (including phenoxy) is 2. The number of hydrogen-bond donors (Lipinski definition) is 2. The van der Waals surface area contributed by atoms with Crippen molar-refractivity contribution in [2.24, 2.45) is 0 Å². The molecule has 3 aliphatic heterocycles. The lowest BCUT2D eigenvalue weighted by atomic mass is 9.93. The largest absolute Gasteiger partial charge is 0.490 e. The Morgan fingerprint density at radius 1 is 1.24 bits per heavy atom. The van der Waals surface area contributed by atoms with E-state index in [-0.39, 0.29) is 12.5 Å². The number of aromatic nitrogens is 3. The van der Waals surface area contributed by atoms with Crippen LogP contribution >= 0.6 is 0 Å². The molecule has 2 N–H and O–H groups in total. The van der Waals surface area contributed by atoms with Crippen LogP contribution in [0.15, 0.2) is 36.8 Å². The van der Waals surface area contributed by atoms with E-state index in [4.69, 9.17) is 9.47 Å². The summed E-state index contributed by atoms with van der Waals surface area (Å²) in [7, 11) is 0. The second kappa shape index (κ2) is 8.23. The lowest BCUT2D eigenvalue weighted by Crippen LogP contribution is -2.56.